The molecule has 6 heteroatoms. The highest BCUT2D eigenvalue weighted by atomic mass is 16.5. The van der Waals surface area contributed by atoms with Crippen molar-refractivity contribution < 1.29 is 14.4 Å². The van der Waals surface area contributed by atoms with Crippen LogP contribution in [-0.4, -0.2) is 34.9 Å². The van der Waals surface area contributed by atoms with Crippen molar-refractivity contribution in [3.63, 3.8) is 0 Å². The average Bonchev–Trinajstić information content (AvgIpc) is 2.85. The topological polar surface area (TPSA) is 80.4 Å². The second-order valence-corrected chi connectivity index (χ2v) is 6.44. The van der Waals surface area contributed by atoms with Gasteiger partial charge in [-0.05, 0) is 38.3 Å². The zero-order valence-electron chi connectivity index (χ0n) is 12.8. The molecule has 1 atom stereocenters. The molecule has 2 N–H and O–H groups in total. The van der Waals surface area contributed by atoms with Crippen molar-refractivity contribution in [2.75, 3.05) is 19.7 Å². The van der Waals surface area contributed by atoms with Crippen LogP contribution in [-0.2, 0) is 10.3 Å². The van der Waals surface area contributed by atoms with E-state index in [1.807, 2.05) is 6.92 Å². The van der Waals surface area contributed by atoms with Crippen molar-refractivity contribution >= 4 is 0 Å². The lowest BCUT2D eigenvalue weighted by Crippen LogP contribution is -2.40. The zero-order valence-corrected chi connectivity index (χ0v) is 12.8. The van der Waals surface area contributed by atoms with Crippen molar-refractivity contribution in [3.05, 3.63) is 11.7 Å². The maximum Gasteiger partial charge on any atom is 0.258 e. The number of aliphatic hydroxyl groups is 1. The monoisotopic (exact) mass is 283 g/mol. The number of nitrogens with one attached hydrogen (secondary N) is 1. The van der Waals surface area contributed by atoms with E-state index in [2.05, 4.69) is 36.2 Å². The summed E-state index contributed by atoms with van der Waals surface area (Å²) in [5.74, 6) is 0.823. The van der Waals surface area contributed by atoms with E-state index in [0.29, 0.717) is 31.2 Å². The van der Waals surface area contributed by atoms with Crippen molar-refractivity contribution in [2.24, 2.45) is 5.41 Å². The molecular weight excluding hydrogens is 258 g/mol. The third kappa shape index (κ3) is 3.19. The van der Waals surface area contributed by atoms with E-state index in [-0.39, 0.29) is 11.5 Å². The molecule has 6 nitrogen and oxygen atoms in total. The van der Waals surface area contributed by atoms with Crippen LogP contribution in [0.2, 0.25) is 0 Å². The summed E-state index contributed by atoms with van der Waals surface area (Å²) in [7, 11) is 0. The standard InChI is InChI=1S/C14H25N3O3/c1-5-19-10(13(2,3)4)11-16-12(20-17-11)14(18)6-8-15-9-7-14/h10,15,18H,5-9H2,1-4H3. The molecule has 114 valence electrons. The van der Waals surface area contributed by atoms with Gasteiger partial charge in [-0.2, -0.15) is 4.98 Å². The quantitative estimate of drug-likeness (QED) is 0.876. The Morgan fingerprint density at radius 1 is 1.40 bits per heavy atom. The van der Waals surface area contributed by atoms with E-state index in [9.17, 15) is 5.11 Å². The predicted molar refractivity (Wildman–Crippen MR) is 74.1 cm³/mol. The van der Waals surface area contributed by atoms with Gasteiger partial charge < -0.3 is 19.7 Å². The molecule has 0 aliphatic carbocycles. The molecule has 2 heterocycles. The van der Waals surface area contributed by atoms with Gasteiger partial charge in [-0.15, -0.1) is 0 Å². The first-order valence-electron chi connectivity index (χ1n) is 7.25. The fourth-order valence-electron chi connectivity index (χ4n) is 2.46. The summed E-state index contributed by atoms with van der Waals surface area (Å²) in [6, 6.07) is 0. The molecule has 0 amide bonds. The molecule has 0 spiro atoms. The number of nitrogens with zero attached hydrogens (tertiary/aromatic N) is 2. The minimum Gasteiger partial charge on any atom is -0.380 e. The van der Waals surface area contributed by atoms with Crippen molar-refractivity contribution in [3.8, 4) is 0 Å². The van der Waals surface area contributed by atoms with Gasteiger partial charge in [-0.3, -0.25) is 0 Å². The highest BCUT2D eigenvalue weighted by Crippen LogP contribution is 2.36. The lowest BCUT2D eigenvalue weighted by molar-refractivity contribution is -0.0228. The summed E-state index contributed by atoms with van der Waals surface area (Å²) in [5, 5.41) is 17.8. The molecule has 1 aromatic heterocycles. The number of piperidine rings is 1. The SMILES string of the molecule is CCOC(c1noc(C2(O)CCNCC2)n1)C(C)(C)C. The van der Waals surface area contributed by atoms with Crippen LogP contribution in [0.5, 0.6) is 0 Å². The molecule has 1 aromatic rings. The van der Waals surface area contributed by atoms with Gasteiger partial charge in [-0.25, -0.2) is 0 Å². The van der Waals surface area contributed by atoms with Crippen molar-refractivity contribution in [2.45, 2.75) is 52.2 Å². The van der Waals surface area contributed by atoms with Crippen molar-refractivity contribution in [1.82, 2.24) is 15.5 Å². The molecule has 1 aliphatic heterocycles. The Labute approximate surface area is 119 Å². The maximum atomic E-state index is 10.6. The molecule has 1 unspecified atom stereocenters. The predicted octanol–water partition coefficient (Wildman–Crippen LogP) is 1.76. The van der Waals surface area contributed by atoms with Crippen molar-refractivity contribution in [1.29, 1.82) is 0 Å². The van der Waals surface area contributed by atoms with Gasteiger partial charge in [0.15, 0.2) is 0 Å². The summed E-state index contributed by atoms with van der Waals surface area (Å²) in [4.78, 5) is 4.41. The van der Waals surface area contributed by atoms with Crippen LogP contribution >= 0.6 is 0 Å². The third-order valence-electron chi connectivity index (χ3n) is 3.62. The van der Waals surface area contributed by atoms with E-state index in [1.165, 1.54) is 0 Å². The normalized spacial score (nSPS) is 20.9. The summed E-state index contributed by atoms with van der Waals surface area (Å²) in [5.41, 5.74) is -1.14. The second-order valence-electron chi connectivity index (χ2n) is 6.44. The van der Waals surface area contributed by atoms with Crippen LogP contribution in [0, 0.1) is 5.41 Å². The Balaban J connectivity index is 2.22. The van der Waals surface area contributed by atoms with Gasteiger partial charge >= 0.3 is 0 Å². The number of aromatic nitrogens is 2. The first-order valence-corrected chi connectivity index (χ1v) is 7.25. The van der Waals surface area contributed by atoms with Gasteiger partial charge in [0.25, 0.3) is 5.89 Å². The van der Waals surface area contributed by atoms with Crippen LogP contribution in [0.3, 0.4) is 0 Å². The zero-order chi connectivity index (χ0) is 14.8. The average molecular weight is 283 g/mol. The van der Waals surface area contributed by atoms with Gasteiger partial charge in [0, 0.05) is 6.61 Å². The minimum atomic E-state index is -1.01. The molecule has 1 fully saturated rings. The Morgan fingerprint density at radius 3 is 2.60 bits per heavy atom. The van der Waals surface area contributed by atoms with E-state index < -0.39 is 5.60 Å². The van der Waals surface area contributed by atoms with E-state index in [0.717, 1.165) is 13.1 Å². The van der Waals surface area contributed by atoms with Crippen LogP contribution < -0.4 is 5.32 Å². The lowest BCUT2D eigenvalue weighted by atomic mass is 9.88. The first-order chi connectivity index (χ1) is 9.37. The lowest BCUT2D eigenvalue weighted by Gasteiger charge is -2.29. The van der Waals surface area contributed by atoms with Gasteiger partial charge in [0.1, 0.15) is 11.7 Å². The van der Waals surface area contributed by atoms with Crippen LogP contribution in [0.15, 0.2) is 4.52 Å². The second kappa shape index (κ2) is 5.79. The molecule has 0 radical (unpaired) electrons. The molecule has 20 heavy (non-hydrogen) atoms. The molecular formula is C14H25N3O3. The Bertz CT molecular complexity index is 433. The largest absolute Gasteiger partial charge is 0.380 e. The Hall–Kier alpha value is -0.980. The minimum absolute atomic E-state index is 0.131. The van der Waals surface area contributed by atoms with Crippen LogP contribution in [0.4, 0.5) is 0 Å². The molecule has 1 aliphatic rings. The highest BCUT2D eigenvalue weighted by molar-refractivity contribution is 5.04. The first kappa shape index (κ1) is 15.4. The molecule has 0 bridgehead atoms. The van der Waals surface area contributed by atoms with E-state index in [1.54, 1.807) is 0 Å². The van der Waals surface area contributed by atoms with Crippen LogP contribution in [0.1, 0.15) is 58.4 Å². The summed E-state index contributed by atoms with van der Waals surface area (Å²) in [6.07, 6.45) is 0.933. The fraction of sp³-hybridized carbons (Fsp3) is 0.857. The van der Waals surface area contributed by atoms with Gasteiger partial charge in [-0.1, -0.05) is 25.9 Å². The summed E-state index contributed by atoms with van der Waals surface area (Å²) >= 11 is 0. The number of hydrogen-bond donors (Lipinski definition) is 2. The van der Waals surface area contributed by atoms with E-state index >= 15 is 0 Å². The third-order valence-corrected chi connectivity index (χ3v) is 3.62. The number of hydrogen-bond acceptors (Lipinski definition) is 6. The summed E-state index contributed by atoms with van der Waals surface area (Å²) < 4.78 is 11.1. The smallest absolute Gasteiger partial charge is 0.258 e. The van der Waals surface area contributed by atoms with E-state index in [4.69, 9.17) is 9.26 Å². The maximum absolute atomic E-state index is 10.6. The molecule has 0 saturated carbocycles. The van der Waals surface area contributed by atoms with Crippen LogP contribution in [0.25, 0.3) is 0 Å². The number of rotatable bonds is 4. The Kier molecular flexibility index (Phi) is 4.46. The molecule has 2 rings (SSSR count). The molecule has 1 saturated heterocycles. The fourth-order valence-corrected chi connectivity index (χ4v) is 2.46. The highest BCUT2D eigenvalue weighted by Gasteiger charge is 2.39. The molecule has 0 aromatic carbocycles. The van der Waals surface area contributed by atoms with Gasteiger partial charge in [0.2, 0.25) is 5.82 Å². The Morgan fingerprint density at radius 2 is 2.05 bits per heavy atom. The number of ether oxygens (including phenoxy) is 1. The summed E-state index contributed by atoms with van der Waals surface area (Å²) in [6.45, 7) is 10.2. The van der Waals surface area contributed by atoms with Gasteiger partial charge in [0.05, 0.1) is 0 Å².